The summed E-state index contributed by atoms with van der Waals surface area (Å²) in [6, 6.07) is 9.15. The predicted octanol–water partition coefficient (Wildman–Crippen LogP) is 2.68. The van der Waals surface area contributed by atoms with Gasteiger partial charge in [-0.2, -0.15) is 14.6 Å². The number of halogens is 1. The van der Waals surface area contributed by atoms with Gasteiger partial charge in [-0.3, -0.25) is 0 Å². The summed E-state index contributed by atoms with van der Waals surface area (Å²) in [5.74, 6) is 0.861. The number of rotatable bonds is 3. The van der Waals surface area contributed by atoms with E-state index in [1.54, 1.807) is 22.8 Å². The first-order chi connectivity index (χ1) is 11.7. The summed E-state index contributed by atoms with van der Waals surface area (Å²) in [6.07, 6.45) is 3.08. The van der Waals surface area contributed by atoms with Crippen molar-refractivity contribution >= 4 is 29.0 Å². The van der Waals surface area contributed by atoms with Crippen LogP contribution in [0.15, 0.2) is 42.9 Å². The molecule has 1 aromatic carbocycles. The molecule has 0 bridgehead atoms. The van der Waals surface area contributed by atoms with Crippen molar-refractivity contribution in [3.05, 3.63) is 53.6 Å². The molecule has 0 atom stereocenters. The molecule has 118 valence electrons. The highest BCUT2D eigenvalue weighted by Gasteiger charge is 2.12. The highest BCUT2D eigenvalue weighted by molar-refractivity contribution is 6.33. The number of hydrogen-bond donors (Lipinski definition) is 1. The number of nitrogens with one attached hydrogen (secondary N) is 1. The Bertz CT molecular complexity index is 1030. The van der Waals surface area contributed by atoms with Crippen LogP contribution < -0.4 is 5.32 Å². The van der Waals surface area contributed by atoms with E-state index in [0.717, 1.165) is 11.4 Å². The number of hydrogen-bond acceptors (Lipinski definition) is 7. The van der Waals surface area contributed by atoms with E-state index in [9.17, 15) is 0 Å². The third kappa shape index (κ3) is 2.52. The molecule has 0 aliphatic heterocycles. The van der Waals surface area contributed by atoms with E-state index in [1.807, 2.05) is 25.1 Å². The van der Waals surface area contributed by atoms with Gasteiger partial charge in [-0.1, -0.05) is 23.7 Å². The SMILES string of the molecule is Cc1c(-c2ccnc(Nc3ccccc3Cl)n2)nnc2ncnn12. The molecule has 0 aliphatic carbocycles. The van der Waals surface area contributed by atoms with E-state index in [-0.39, 0.29) is 0 Å². The van der Waals surface area contributed by atoms with Crippen LogP contribution in [0.3, 0.4) is 0 Å². The Morgan fingerprint density at radius 2 is 1.96 bits per heavy atom. The van der Waals surface area contributed by atoms with Crippen molar-refractivity contribution in [1.29, 1.82) is 0 Å². The van der Waals surface area contributed by atoms with E-state index in [0.29, 0.717) is 28.1 Å². The molecule has 0 fully saturated rings. The zero-order valence-corrected chi connectivity index (χ0v) is 13.3. The summed E-state index contributed by atoms with van der Waals surface area (Å²) in [6.45, 7) is 1.88. The van der Waals surface area contributed by atoms with Gasteiger partial charge in [0.1, 0.15) is 12.0 Å². The first-order valence-corrected chi connectivity index (χ1v) is 7.48. The Labute approximate surface area is 141 Å². The minimum absolute atomic E-state index is 0.417. The van der Waals surface area contributed by atoms with Crippen LogP contribution in [0.4, 0.5) is 11.6 Å². The first-order valence-electron chi connectivity index (χ1n) is 7.10. The molecule has 9 heteroatoms. The molecule has 4 aromatic rings. The number of benzene rings is 1. The fraction of sp³-hybridized carbons (Fsp3) is 0.0667. The van der Waals surface area contributed by atoms with Crippen LogP contribution in [-0.4, -0.2) is 34.8 Å². The van der Waals surface area contributed by atoms with E-state index >= 15 is 0 Å². The molecule has 0 aliphatic rings. The second-order valence-corrected chi connectivity index (χ2v) is 5.38. The maximum Gasteiger partial charge on any atom is 0.271 e. The second-order valence-electron chi connectivity index (χ2n) is 4.98. The van der Waals surface area contributed by atoms with E-state index in [1.165, 1.54) is 6.33 Å². The Balaban J connectivity index is 1.74. The number of anilines is 2. The normalized spacial score (nSPS) is 10.9. The highest BCUT2D eigenvalue weighted by Crippen LogP contribution is 2.24. The summed E-state index contributed by atoms with van der Waals surface area (Å²) < 4.78 is 1.62. The Morgan fingerprint density at radius 1 is 1.08 bits per heavy atom. The number of para-hydroxylation sites is 1. The van der Waals surface area contributed by atoms with Crippen molar-refractivity contribution in [2.24, 2.45) is 0 Å². The fourth-order valence-corrected chi connectivity index (χ4v) is 2.46. The summed E-state index contributed by atoms with van der Waals surface area (Å²) in [5.41, 5.74) is 2.75. The van der Waals surface area contributed by atoms with Gasteiger partial charge in [-0.25, -0.2) is 9.97 Å². The second kappa shape index (κ2) is 5.82. The molecule has 0 amide bonds. The van der Waals surface area contributed by atoms with Crippen molar-refractivity contribution in [2.75, 3.05) is 5.32 Å². The molecule has 0 radical (unpaired) electrons. The molecule has 1 N–H and O–H groups in total. The van der Waals surface area contributed by atoms with Gasteiger partial charge in [0.15, 0.2) is 0 Å². The average Bonchev–Trinajstić information content (AvgIpc) is 3.07. The monoisotopic (exact) mass is 338 g/mol. The Kier molecular flexibility index (Phi) is 3.51. The summed E-state index contributed by atoms with van der Waals surface area (Å²) in [5, 5.41) is 16.1. The van der Waals surface area contributed by atoms with Crippen LogP contribution in [0.2, 0.25) is 5.02 Å². The minimum atomic E-state index is 0.417. The van der Waals surface area contributed by atoms with Crippen molar-refractivity contribution < 1.29 is 0 Å². The number of fused-ring (bicyclic) bond motifs is 1. The molecule has 3 heterocycles. The lowest BCUT2D eigenvalue weighted by atomic mass is 10.2. The first kappa shape index (κ1) is 14.5. The van der Waals surface area contributed by atoms with Crippen molar-refractivity contribution in [3.8, 4) is 11.4 Å². The number of aromatic nitrogens is 7. The third-order valence-corrected chi connectivity index (χ3v) is 3.78. The maximum atomic E-state index is 6.15. The van der Waals surface area contributed by atoms with Gasteiger partial charge < -0.3 is 5.32 Å². The molecular weight excluding hydrogens is 328 g/mol. The highest BCUT2D eigenvalue weighted by atomic mass is 35.5. The fourth-order valence-electron chi connectivity index (χ4n) is 2.28. The zero-order chi connectivity index (χ0) is 16.5. The van der Waals surface area contributed by atoms with E-state index < -0.39 is 0 Å². The standard InChI is InChI=1S/C15H11ClN8/c1-9-13(22-23-15-18-8-19-24(9)15)12-6-7-17-14(21-12)20-11-5-3-2-4-10(11)16/h2-8H,1H3,(H,17,20,21). The largest absolute Gasteiger partial charge is 0.323 e. The topological polar surface area (TPSA) is 93.8 Å². The quantitative estimate of drug-likeness (QED) is 0.613. The van der Waals surface area contributed by atoms with Crippen LogP contribution in [0, 0.1) is 6.92 Å². The minimum Gasteiger partial charge on any atom is -0.323 e. The van der Waals surface area contributed by atoms with E-state index in [2.05, 4.69) is 35.6 Å². The van der Waals surface area contributed by atoms with Crippen molar-refractivity contribution in [1.82, 2.24) is 34.8 Å². The molecule has 8 nitrogen and oxygen atoms in total. The van der Waals surface area contributed by atoms with Crippen molar-refractivity contribution in [2.45, 2.75) is 6.92 Å². The van der Waals surface area contributed by atoms with Crippen molar-refractivity contribution in [3.63, 3.8) is 0 Å². The molecule has 24 heavy (non-hydrogen) atoms. The smallest absolute Gasteiger partial charge is 0.271 e. The van der Waals surface area contributed by atoms with Crippen LogP contribution in [0.1, 0.15) is 5.69 Å². The van der Waals surface area contributed by atoms with Gasteiger partial charge in [0.05, 0.1) is 22.1 Å². The molecule has 0 spiro atoms. The molecule has 0 saturated carbocycles. The van der Waals surface area contributed by atoms with Gasteiger partial charge in [-0.15, -0.1) is 10.2 Å². The predicted molar refractivity (Wildman–Crippen MR) is 89.1 cm³/mol. The zero-order valence-electron chi connectivity index (χ0n) is 12.5. The number of nitrogens with zero attached hydrogens (tertiary/aromatic N) is 7. The molecular formula is C15H11ClN8. The van der Waals surface area contributed by atoms with Crippen LogP contribution in [-0.2, 0) is 0 Å². The molecule has 3 aromatic heterocycles. The van der Waals surface area contributed by atoms with Gasteiger partial charge in [0.25, 0.3) is 5.78 Å². The van der Waals surface area contributed by atoms with Crippen LogP contribution in [0.5, 0.6) is 0 Å². The molecule has 4 rings (SSSR count). The lowest BCUT2D eigenvalue weighted by Gasteiger charge is -2.08. The third-order valence-electron chi connectivity index (χ3n) is 3.45. The summed E-state index contributed by atoms with van der Waals surface area (Å²) in [7, 11) is 0. The van der Waals surface area contributed by atoms with Gasteiger partial charge >= 0.3 is 0 Å². The van der Waals surface area contributed by atoms with Gasteiger partial charge in [0, 0.05) is 6.20 Å². The van der Waals surface area contributed by atoms with Gasteiger partial charge in [-0.05, 0) is 25.1 Å². The average molecular weight is 339 g/mol. The summed E-state index contributed by atoms with van der Waals surface area (Å²) in [4.78, 5) is 12.7. The summed E-state index contributed by atoms with van der Waals surface area (Å²) >= 11 is 6.15. The number of aryl methyl sites for hydroxylation is 1. The van der Waals surface area contributed by atoms with Crippen LogP contribution >= 0.6 is 11.6 Å². The molecule has 0 saturated heterocycles. The molecule has 0 unspecified atom stereocenters. The van der Waals surface area contributed by atoms with Gasteiger partial charge in [0.2, 0.25) is 5.95 Å². The van der Waals surface area contributed by atoms with Crippen LogP contribution in [0.25, 0.3) is 17.2 Å². The Hall–Kier alpha value is -3.13. The lowest BCUT2D eigenvalue weighted by molar-refractivity contribution is 0.850. The van der Waals surface area contributed by atoms with E-state index in [4.69, 9.17) is 11.6 Å². The maximum absolute atomic E-state index is 6.15. The lowest BCUT2D eigenvalue weighted by Crippen LogP contribution is -2.05. The Morgan fingerprint density at radius 3 is 2.83 bits per heavy atom.